The van der Waals surface area contributed by atoms with Gasteiger partial charge in [0.15, 0.2) is 0 Å². The Bertz CT molecular complexity index is 686. The van der Waals surface area contributed by atoms with Crippen molar-refractivity contribution in [2.24, 2.45) is 11.8 Å². The van der Waals surface area contributed by atoms with Gasteiger partial charge < -0.3 is 10.1 Å². The lowest BCUT2D eigenvalue weighted by Gasteiger charge is -2.44. The van der Waals surface area contributed by atoms with Gasteiger partial charge in [-0.15, -0.1) is 16.4 Å². The number of amides is 1. The third-order valence-corrected chi connectivity index (χ3v) is 5.60. The van der Waals surface area contributed by atoms with E-state index in [1.54, 1.807) is 24.5 Å². The van der Waals surface area contributed by atoms with Crippen molar-refractivity contribution < 1.29 is 9.53 Å². The fraction of sp³-hybridized carbons (Fsp3) is 0.625. The normalized spacial score (nSPS) is 30.2. The predicted molar refractivity (Wildman–Crippen MR) is 91.4 cm³/mol. The number of thiazole rings is 1. The summed E-state index contributed by atoms with van der Waals surface area (Å²) in [6.07, 6.45) is 3.67. The van der Waals surface area contributed by atoms with Gasteiger partial charge in [0.05, 0.1) is 31.0 Å². The molecule has 5 unspecified atom stereocenters. The molecule has 0 bridgehead atoms. The van der Waals surface area contributed by atoms with Gasteiger partial charge >= 0.3 is 0 Å². The SMILES string of the molecule is CC(=O)NC1C(C)OC(Cn2cc(-c3nccs3)nn2)C(C)C1C. The summed E-state index contributed by atoms with van der Waals surface area (Å²) in [7, 11) is 0. The van der Waals surface area contributed by atoms with Gasteiger partial charge in [0.25, 0.3) is 0 Å². The number of rotatable bonds is 4. The average Bonchev–Trinajstić information content (AvgIpc) is 3.19. The minimum absolute atomic E-state index is 0.0164. The quantitative estimate of drug-likeness (QED) is 0.912. The second-order valence-electron chi connectivity index (χ2n) is 6.49. The lowest BCUT2D eigenvalue weighted by atomic mass is 9.80. The Hall–Kier alpha value is -1.80. The number of carbonyl (C=O) groups is 1. The fourth-order valence-electron chi connectivity index (χ4n) is 3.29. The van der Waals surface area contributed by atoms with Gasteiger partial charge in [-0.25, -0.2) is 9.67 Å². The van der Waals surface area contributed by atoms with Crippen LogP contribution in [0.1, 0.15) is 27.7 Å². The summed E-state index contributed by atoms with van der Waals surface area (Å²) in [6, 6.07) is 0.0374. The summed E-state index contributed by atoms with van der Waals surface area (Å²) in [4.78, 5) is 15.7. The van der Waals surface area contributed by atoms with E-state index < -0.39 is 0 Å². The maximum atomic E-state index is 11.4. The molecule has 1 aliphatic rings. The molecule has 1 fully saturated rings. The highest BCUT2D eigenvalue weighted by Crippen LogP contribution is 2.31. The largest absolute Gasteiger partial charge is 0.371 e. The molecule has 1 amide bonds. The van der Waals surface area contributed by atoms with Crippen molar-refractivity contribution in [2.75, 3.05) is 0 Å². The topological polar surface area (TPSA) is 81.9 Å². The zero-order chi connectivity index (χ0) is 17.3. The molecule has 0 aromatic carbocycles. The molecule has 1 aliphatic heterocycles. The number of ether oxygens (including phenoxy) is 1. The Labute approximate surface area is 145 Å². The average molecular weight is 349 g/mol. The smallest absolute Gasteiger partial charge is 0.217 e. The monoisotopic (exact) mass is 349 g/mol. The number of hydrogen-bond acceptors (Lipinski definition) is 6. The lowest BCUT2D eigenvalue weighted by molar-refractivity contribution is -0.135. The molecule has 1 N–H and O–H groups in total. The minimum atomic E-state index is -0.0351. The van der Waals surface area contributed by atoms with Gasteiger partial charge in [-0.1, -0.05) is 19.1 Å². The maximum absolute atomic E-state index is 11.4. The number of carbonyl (C=O) groups excluding carboxylic acids is 1. The Morgan fingerprint density at radius 1 is 1.38 bits per heavy atom. The first-order valence-corrected chi connectivity index (χ1v) is 9.06. The summed E-state index contributed by atoms with van der Waals surface area (Å²) in [5, 5.41) is 14.2. The van der Waals surface area contributed by atoms with Gasteiger partial charge in [0.1, 0.15) is 10.7 Å². The standard InChI is InChI=1S/C16H23N5O2S/c1-9-10(2)15(18-12(4)22)11(3)23-14(9)8-21-7-13(19-20-21)16-17-5-6-24-16/h5-7,9-11,14-15H,8H2,1-4H3,(H,18,22). The molecule has 7 nitrogen and oxygen atoms in total. The molecule has 2 aromatic heterocycles. The molecule has 0 saturated carbocycles. The fourth-order valence-corrected chi connectivity index (χ4v) is 3.88. The van der Waals surface area contributed by atoms with Crippen LogP contribution in [0.3, 0.4) is 0 Å². The van der Waals surface area contributed by atoms with Crippen LogP contribution in [0.25, 0.3) is 10.7 Å². The predicted octanol–water partition coefficient (Wildman–Crippen LogP) is 1.97. The van der Waals surface area contributed by atoms with Gasteiger partial charge in [-0.2, -0.15) is 0 Å². The van der Waals surface area contributed by atoms with Crippen LogP contribution < -0.4 is 5.32 Å². The lowest BCUT2D eigenvalue weighted by Crippen LogP contribution is -2.56. The van der Waals surface area contributed by atoms with E-state index in [0.29, 0.717) is 18.4 Å². The summed E-state index contributed by atoms with van der Waals surface area (Å²) in [5.41, 5.74) is 0.783. The van der Waals surface area contributed by atoms with Crippen LogP contribution in [0.4, 0.5) is 0 Å². The molecular formula is C16H23N5O2S. The van der Waals surface area contributed by atoms with E-state index in [1.807, 2.05) is 23.2 Å². The van der Waals surface area contributed by atoms with Crippen molar-refractivity contribution in [1.82, 2.24) is 25.3 Å². The first-order valence-electron chi connectivity index (χ1n) is 8.18. The Balaban J connectivity index is 1.68. The highest BCUT2D eigenvalue weighted by Gasteiger charge is 2.40. The Morgan fingerprint density at radius 2 is 2.17 bits per heavy atom. The molecule has 3 heterocycles. The van der Waals surface area contributed by atoms with E-state index in [2.05, 4.69) is 34.5 Å². The number of hydrogen-bond donors (Lipinski definition) is 1. The summed E-state index contributed by atoms with van der Waals surface area (Å²) < 4.78 is 7.99. The van der Waals surface area contributed by atoms with Crippen molar-refractivity contribution in [3.63, 3.8) is 0 Å². The third kappa shape index (κ3) is 3.49. The number of nitrogens with zero attached hydrogens (tertiary/aromatic N) is 4. The molecule has 0 radical (unpaired) electrons. The van der Waals surface area contributed by atoms with E-state index >= 15 is 0 Å². The Kier molecular flexibility index (Phi) is 4.96. The number of nitrogens with one attached hydrogen (secondary N) is 1. The molecule has 8 heteroatoms. The van der Waals surface area contributed by atoms with E-state index in [1.165, 1.54) is 0 Å². The van der Waals surface area contributed by atoms with Crippen molar-refractivity contribution in [3.05, 3.63) is 17.8 Å². The van der Waals surface area contributed by atoms with Crippen molar-refractivity contribution in [1.29, 1.82) is 0 Å². The van der Waals surface area contributed by atoms with E-state index in [9.17, 15) is 4.79 Å². The van der Waals surface area contributed by atoms with Crippen LogP contribution in [-0.2, 0) is 16.1 Å². The molecule has 24 heavy (non-hydrogen) atoms. The molecule has 0 aliphatic carbocycles. The van der Waals surface area contributed by atoms with Crippen LogP contribution in [0.5, 0.6) is 0 Å². The van der Waals surface area contributed by atoms with E-state index in [0.717, 1.165) is 10.7 Å². The minimum Gasteiger partial charge on any atom is -0.371 e. The summed E-state index contributed by atoms with van der Waals surface area (Å²) >= 11 is 1.54. The summed E-state index contributed by atoms with van der Waals surface area (Å²) in [5.74, 6) is 0.604. The van der Waals surface area contributed by atoms with Crippen LogP contribution in [-0.4, -0.2) is 44.1 Å². The van der Waals surface area contributed by atoms with Crippen molar-refractivity contribution >= 4 is 17.2 Å². The van der Waals surface area contributed by atoms with Crippen LogP contribution in [0, 0.1) is 11.8 Å². The molecular weight excluding hydrogens is 326 g/mol. The van der Waals surface area contributed by atoms with Crippen LogP contribution >= 0.6 is 11.3 Å². The zero-order valence-corrected chi connectivity index (χ0v) is 15.2. The van der Waals surface area contributed by atoms with Crippen LogP contribution in [0.2, 0.25) is 0 Å². The molecule has 0 spiro atoms. The van der Waals surface area contributed by atoms with E-state index in [4.69, 9.17) is 4.74 Å². The third-order valence-electron chi connectivity index (χ3n) is 4.80. The number of aromatic nitrogens is 4. The second kappa shape index (κ2) is 6.98. The Morgan fingerprint density at radius 3 is 2.83 bits per heavy atom. The van der Waals surface area contributed by atoms with Gasteiger partial charge in [-0.3, -0.25) is 4.79 Å². The molecule has 1 saturated heterocycles. The van der Waals surface area contributed by atoms with Crippen molar-refractivity contribution in [2.45, 2.75) is 52.5 Å². The van der Waals surface area contributed by atoms with E-state index in [-0.39, 0.29) is 24.2 Å². The van der Waals surface area contributed by atoms with Gasteiger partial charge in [0, 0.05) is 18.5 Å². The van der Waals surface area contributed by atoms with Crippen molar-refractivity contribution in [3.8, 4) is 10.7 Å². The van der Waals surface area contributed by atoms with Gasteiger partial charge in [-0.05, 0) is 18.8 Å². The summed E-state index contributed by atoms with van der Waals surface area (Å²) in [6.45, 7) is 8.53. The zero-order valence-electron chi connectivity index (χ0n) is 14.3. The molecule has 2 aromatic rings. The molecule has 130 valence electrons. The van der Waals surface area contributed by atoms with Crippen LogP contribution in [0.15, 0.2) is 17.8 Å². The molecule has 3 rings (SSSR count). The maximum Gasteiger partial charge on any atom is 0.217 e. The highest BCUT2D eigenvalue weighted by molar-refractivity contribution is 7.13. The molecule has 5 atom stereocenters. The first kappa shape index (κ1) is 17.0. The highest BCUT2D eigenvalue weighted by atomic mass is 32.1. The van der Waals surface area contributed by atoms with Gasteiger partial charge in [0.2, 0.25) is 5.91 Å². The first-order chi connectivity index (χ1) is 11.5. The second-order valence-corrected chi connectivity index (χ2v) is 7.38.